The number of fused-ring (bicyclic) bond motifs is 2. The van der Waals surface area contributed by atoms with E-state index in [1.54, 1.807) is 17.2 Å². The van der Waals surface area contributed by atoms with Crippen LogP contribution in [0.2, 0.25) is 0 Å². The number of urea groups is 1. The van der Waals surface area contributed by atoms with Gasteiger partial charge in [-0.2, -0.15) is 18.2 Å². The van der Waals surface area contributed by atoms with Gasteiger partial charge in [0.05, 0.1) is 18.4 Å². The molecule has 0 unspecified atom stereocenters. The van der Waals surface area contributed by atoms with Gasteiger partial charge in [-0.25, -0.2) is 9.78 Å². The molecule has 0 spiro atoms. The summed E-state index contributed by atoms with van der Waals surface area (Å²) in [7, 11) is 1.45. The number of carbonyl (C=O) groups excluding carboxylic acids is 1. The van der Waals surface area contributed by atoms with Gasteiger partial charge in [0.25, 0.3) is 0 Å². The number of amides is 2. The predicted octanol–water partition coefficient (Wildman–Crippen LogP) is 3.80. The van der Waals surface area contributed by atoms with Crippen molar-refractivity contribution in [2.75, 3.05) is 30.8 Å². The molecule has 1 aliphatic heterocycles. The van der Waals surface area contributed by atoms with E-state index in [9.17, 15) is 18.0 Å². The van der Waals surface area contributed by atoms with E-state index >= 15 is 0 Å². The van der Waals surface area contributed by atoms with Crippen molar-refractivity contribution in [2.24, 2.45) is 11.8 Å². The summed E-state index contributed by atoms with van der Waals surface area (Å²) in [6.45, 7) is 1.10. The van der Waals surface area contributed by atoms with Gasteiger partial charge in [0, 0.05) is 48.4 Å². The van der Waals surface area contributed by atoms with Crippen LogP contribution in [0.1, 0.15) is 18.4 Å². The summed E-state index contributed by atoms with van der Waals surface area (Å²) in [6, 6.07) is 1.43. The number of H-pyrrole nitrogens is 1. The van der Waals surface area contributed by atoms with Gasteiger partial charge in [0.2, 0.25) is 5.13 Å². The van der Waals surface area contributed by atoms with Crippen LogP contribution >= 0.6 is 11.5 Å². The molecule has 2 amide bonds. The number of alkyl halides is 3. The van der Waals surface area contributed by atoms with Crippen molar-refractivity contribution in [3.05, 3.63) is 24.0 Å². The van der Waals surface area contributed by atoms with Crippen molar-refractivity contribution in [1.29, 1.82) is 0 Å². The summed E-state index contributed by atoms with van der Waals surface area (Å²) < 4.78 is 49.6. The molecule has 0 bridgehead atoms. The predicted molar refractivity (Wildman–Crippen MR) is 112 cm³/mol. The number of nitrogens with one attached hydrogen (secondary N) is 3. The Labute approximate surface area is 184 Å². The molecule has 9 nitrogen and oxygen atoms in total. The first-order chi connectivity index (χ1) is 15.3. The minimum absolute atomic E-state index is 0.0635. The topological polar surface area (TPSA) is 108 Å². The Hall–Kier alpha value is -3.09. The van der Waals surface area contributed by atoms with E-state index in [-0.39, 0.29) is 35.6 Å². The van der Waals surface area contributed by atoms with Crippen molar-refractivity contribution in [2.45, 2.75) is 25.1 Å². The lowest BCUT2D eigenvalue weighted by molar-refractivity contribution is -0.137. The second-order valence-corrected chi connectivity index (χ2v) is 8.79. The fourth-order valence-corrected chi connectivity index (χ4v) is 5.21. The minimum atomic E-state index is -4.50. The number of likely N-dealkylation sites (tertiary alicyclic amines) is 1. The molecule has 1 saturated heterocycles. The second-order valence-electron chi connectivity index (χ2n) is 8.04. The minimum Gasteiger partial charge on any atom is -0.466 e. The highest BCUT2D eigenvalue weighted by Crippen LogP contribution is 2.43. The Bertz CT molecular complexity index is 1130. The van der Waals surface area contributed by atoms with Gasteiger partial charge in [-0.05, 0) is 30.7 Å². The first kappa shape index (κ1) is 20.8. The quantitative estimate of drug-likeness (QED) is 0.539. The van der Waals surface area contributed by atoms with Gasteiger partial charge < -0.3 is 19.9 Å². The van der Waals surface area contributed by atoms with Crippen molar-refractivity contribution in [3.8, 4) is 6.01 Å². The maximum Gasteiger partial charge on any atom is 0.419 e. The lowest BCUT2D eigenvalue weighted by Gasteiger charge is -2.22. The molecule has 1 aliphatic carbocycles. The number of anilines is 2. The van der Waals surface area contributed by atoms with Crippen LogP contribution in [-0.2, 0) is 6.18 Å². The molecule has 5 rings (SSSR count). The van der Waals surface area contributed by atoms with Crippen LogP contribution in [0.25, 0.3) is 11.0 Å². The molecule has 0 aromatic carbocycles. The number of rotatable bonds is 4. The van der Waals surface area contributed by atoms with Crippen LogP contribution in [0.4, 0.5) is 28.8 Å². The first-order valence-electron chi connectivity index (χ1n) is 10.0. The number of aromatic amines is 1. The number of ether oxygens (including phenoxy) is 1. The molecule has 0 radical (unpaired) electrons. The number of hydrogen-bond acceptors (Lipinski definition) is 7. The Kier molecular flexibility index (Phi) is 5.07. The molecular formula is C19H20F3N7O2S. The summed E-state index contributed by atoms with van der Waals surface area (Å²) in [5.74, 6) is 0.445. The number of aromatic nitrogens is 4. The van der Waals surface area contributed by atoms with E-state index in [1.807, 2.05) is 0 Å². The summed E-state index contributed by atoms with van der Waals surface area (Å²) >= 11 is 1.03. The molecule has 13 heteroatoms. The molecule has 3 aromatic rings. The fraction of sp³-hybridized carbons (Fsp3) is 0.474. The molecule has 2 fully saturated rings. The highest BCUT2D eigenvalue weighted by Gasteiger charge is 2.43. The highest BCUT2D eigenvalue weighted by atomic mass is 32.1. The van der Waals surface area contributed by atoms with Gasteiger partial charge >= 0.3 is 18.2 Å². The number of methoxy groups -OCH3 is 1. The first-order valence-corrected chi connectivity index (χ1v) is 10.8. The summed E-state index contributed by atoms with van der Waals surface area (Å²) in [4.78, 5) is 25.1. The molecule has 2 aliphatic rings. The van der Waals surface area contributed by atoms with E-state index < -0.39 is 11.7 Å². The molecular weight excluding hydrogens is 447 g/mol. The van der Waals surface area contributed by atoms with Gasteiger partial charge in [0.1, 0.15) is 5.65 Å². The number of pyridine rings is 1. The lowest BCUT2D eigenvalue weighted by Crippen LogP contribution is -2.34. The zero-order chi connectivity index (χ0) is 22.5. The molecule has 170 valence electrons. The second kappa shape index (κ2) is 7.80. The molecule has 1 saturated carbocycles. The zero-order valence-corrected chi connectivity index (χ0v) is 17.8. The Morgan fingerprint density at radius 1 is 1.31 bits per heavy atom. The Morgan fingerprint density at radius 2 is 2.06 bits per heavy atom. The fourth-order valence-electron chi connectivity index (χ4n) is 4.68. The number of halogens is 3. The van der Waals surface area contributed by atoms with E-state index in [1.165, 1.54) is 7.11 Å². The SMILES string of the molecule is COc1nsc(NC(=O)N2C[C@H]3C[C@H](Nc4c(C(F)(F)F)cnc5[nH]ccc45)C[C@H]3C2)n1. The van der Waals surface area contributed by atoms with E-state index in [0.717, 1.165) is 17.7 Å². The van der Waals surface area contributed by atoms with E-state index in [4.69, 9.17) is 4.74 Å². The monoisotopic (exact) mass is 467 g/mol. The summed E-state index contributed by atoms with van der Waals surface area (Å²) in [5.41, 5.74) is -0.293. The molecule has 3 aromatic heterocycles. The average Bonchev–Trinajstić information content (AvgIpc) is 3.50. The summed E-state index contributed by atoms with van der Waals surface area (Å²) in [6.07, 6.45) is -0.682. The standard InChI is InChI=1S/C19H20F3N7O2S/c1-31-16-26-17(32-28-16)27-18(30)29-7-9-4-11(5-10(9)8-29)25-14-12-2-3-23-15(12)24-6-13(14)19(20,21)22/h2-3,6,9-11H,4-5,7-8H2,1H3,(H2,23,24,25)(H,26,27,28,30)/t9-,10+,11+. The summed E-state index contributed by atoms with van der Waals surface area (Å²) in [5, 5.41) is 6.64. The van der Waals surface area contributed by atoms with Crippen LogP contribution in [-0.4, -0.2) is 56.5 Å². The van der Waals surface area contributed by atoms with Crippen molar-refractivity contribution in [3.63, 3.8) is 0 Å². The lowest BCUT2D eigenvalue weighted by atomic mass is 10.0. The van der Waals surface area contributed by atoms with Crippen molar-refractivity contribution < 1.29 is 22.7 Å². The maximum atomic E-state index is 13.6. The molecule has 32 heavy (non-hydrogen) atoms. The third kappa shape index (κ3) is 3.80. The van der Waals surface area contributed by atoms with Crippen molar-refractivity contribution in [1.82, 2.24) is 24.2 Å². The molecule has 3 atom stereocenters. The Balaban J connectivity index is 1.25. The van der Waals surface area contributed by atoms with Gasteiger partial charge in [-0.1, -0.05) is 0 Å². The third-order valence-corrected chi connectivity index (χ3v) is 6.70. The number of nitrogens with zero attached hydrogens (tertiary/aromatic N) is 4. The van der Waals surface area contributed by atoms with Crippen LogP contribution < -0.4 is 15.4 Å². The van der Waals surface area contributed by atoms with E-state index in [0.29, 0.717) is 42.1 Å². The number of carbonyl (C=O) groups is 1. The number of hydrogen-bond donors (Lipinski definition) is 3. The van der Waals surface area contributed by atoms with Crippen LogP contribution in [0.5, 0.6) is 6.01 Å². The average molecular weight is 467 g/mol. The smallest absolute Gasteiger partial charge is 0.419 e. The zero-order valence-electron chi connectivity index (χ0n) is 16.9. The van der Waals surface area contributed by atoms with Crippen molar-refractivity contribution >= 4 is 39.4 Å². The molecule has 4 heterocycles. The third-order valence-electron chi connectivity index (χ3n) is 6.08. The van der Waals surface area contributed by atoms with Gasteiger partial charge in [-0.15, -0.1) is 4.37 Å². The van der Waals surface area contributed by atoms with Crippen LogP contribution in [0.15, 0.2) is 18.5 Å². The van der Waals surface area contributed by atoms with Crippen LogP contribution in [0.3, 0.4) is 0 Å². The largest absolute Gasteiger partial charge is 0.466 e. The maximum absolute atomic E-state index is 13.6. The normalized spacial score (nSPS) is 22.9. The molecule has 3 N–H and O–H groups in total. The van der Waals surface area contributed by atoms with E-state index in [2.05, 4.69) is 30.0 Å². The van der Waals surface area contributed by atoms with Gasteiger partial charge in [-0.3, -0.25) is 5.32 Å². The van der Waals surface area contributed by atoms with Crippen LogP contribution in [0, 0.1) is 11.8 Å². The Morgan fingerprint density at radius 3 is 2.72 bits per heavy atom. The highest BCUT2D eigenvalue weighted by molar-refractivity contribution is 7.10. The van der Waals surface area contributed by atoms with Gasteiger partial charge in [0.15, 0.2) is 0 Å².